The summed E-state index contributed by atoms with van der Waals surface area (Å²) in [6, 6.07) is 7.91. The lowest BCUT2D eigenvalue weighted by atomic mass is 10.1. The fourth-order valence-corrected chi connectivity index (χ4v) is 4.42. The van der Waals surface area contributed by atoms with Crippen molar-refractivity contribution in [3.63, 3.8) is 0 Å². The molecule has 112 valence electrons. The fourth-order valence-electron chi connectivity index (χ4n) is 3.17. The number of thiophene rings is 1. The molecule has 4 heteroatoms. The molecule has 1 aliphatic rings. The average Bonchev–Trinajstić information content (AvgIpc) is 2.70. The highest BCUT2D eigenvalue weighted by Gasteiger charge is 2.20. The van der Waals surface area contributed by atoms with E-state index in [-0.39, 0.29) is 5.63 Å². The second-order valence-electron chi connectivity index (χ2n) is 5.92. The molecule has 0 amide bonds. The number of hydrogen-bond donors (Lipinski definition) is 0. The van der Waals surface area contributed by atoms with Gasteiger partial charge in [-0.2, -0.15) is 0 Å². The van der Waals surface area contributed by atoms with Crippen LogP contribution in [0.4, 0.5) is 0 Å². The molecule has 0 saturated heterocycles. The number of aryl methyl sites for hydroxylation is 3. The Morgan fingerprint density at radius 1 is 1.18 bits per heavy atom. The Hall–Kier alpha value is -1.94. The maximum absolute atomic E-state index is 12.5. The van der Waals surface area contributed by atoms with Crippen molar-refractivity contribution in [3.8, 4) is 11.5 Å². The third-order valence-electron chi connectivity index (χ3n) is 4.26. The maximum atomic E-state index is 12.5. The lowest BCUT2D eigenvalue weighted by molar-refractivity contribution is 0.518. The van der Waals surface area contributed by atoms with Crippen LogP contribution < -0.4 is 5.63 Å². The van der Waals surface area contributed by atoms with Gasteiger partial charge in [0, 0.05) is 10.4 Å². The Morgan fingerprint density at radius 3 is 2.91 bits per heavy atom. The quantitative estimate of drug-likeness (QED) is 0.622. The highest BCUT2D eigenvalue weighted by Crippen LogP contribution is 2.34. The van der Waals surface area contributed by atoms with Crippen LogP contribution in [0.2, 0.25) is 0 Å². The van der Waals surface area contributed by atoms with E-state index in [1.54, 1.807) is 11.3 Å². The van der Waals surface area contributed by atoms with Gasteiger partial charge in [0.2, 0.25) is 5.89 Å². The first kappa shape index (κ1) is 13.7. The zero-order chi connectivity index (χ0) is 15.1. The van der Waals surface area contributed by atoms with Crippen LogP contribution in [0.25, 0.3) is 21.7 Å². The van der Waals surface area contributed by atoms with Gasteiger partial charge in [-0.15, -0.1) is 11.3 Å². The third-order valence-corrected chi connectivity index (χ3v) is 5.45. The van der Waals surface area contributed by atoms with E-state index in [9.17, 15) is 4.79 Å². The first-order valence-electron chi connectivity index (χ1n) is 7.75. The lowest BCUT2D eigenvalue weighted by Crippen LogP contribution is -2.03. The van der Waals surface area contributed by atoms with E-state index in [0.717, 1.165) is 40.6 Å². The van der Waals surface area contributed by atoms with Crippen LogP contribution in [0, 0.1) is 6.92 Å². The minimum absolute atomic E-state index is 0.235. The maximum Gasteiger partial charge on any atom is 0.348 e. The first-order chi connectivity index (χ1) is 10.7. The van der Waals surface area contributed by atoms with E-state index in [1.165, 1.54) is 23.3 Å². The van der Waals surface area contributed by atoms with Crippen molar-refractivity contribution in [2.45, 2.75) is 39.0 Å². The Balaban J connectivity index is 1.92. The molecule has 0 aliphatic heterocycles. The molecule has 22 heavy (non-hydrogen) atoms. The number of rotatable bonds is 1. The third kappa shape index (κ3) is 2.28. The second kappa shape index (κ2) is 5.36. The van der Waals surface area contributed by atoms with Gasteiger partial charge in [0.1, 0.15) is 10.2 Å². The van der Waals surface area contributed by atoms with Crippen LogP contribution in [0.1, 0.15) is 35.3 Å². The molecule has 0 N–H and O–H groups in total. The minimum atomic E-state index is -0.235. The van der Waals surface area contributed by atoms with Crippen molar-refractivity contribution in [2.24, 2.45) is 0 Å². The van der Waals surface area contributed by atoms with Gasteiger partial charge >= 0.3 is 5.63 Å². The molecule has 4 rings (SSSR count). The molecule has 0 unspecified atom stereocenters. The van der Waals surface area contributed by atoms with E-state index in [1.807, 2.05) is 31.2 Å². The molecule has 2 aromatic heterocycles. The monoisotopic (exact) mass is 311 g/mol. The van der Waals surface area contributed by atoms with Gasteiger partial charge in [0.25, 0.3) is 0 Å². The Morgan fingerprint density at radius 2 is 2.05 bits per heavy atom. The molecule has 0 radical (unpaired) electrons. The molecule has 0 saturated carbocycles. The first-order valence-corrected chi connectivity index (χ1v) is 8.56. The van der Waals surface area contributed by atoms with E-state index in [0.29, 0.717) is 5.89 Å². The minimum Gasteiger partial charge on any atom is -0.403 e. The van der Waals surface area contributed by atoms with Crippen molar-refractivity contribution < 1.29 is 4.42 Å². The summed E-state index contributed by atoms with van der Waals surface area (Å²) in [7, 11) is 0. The summed E-state index contributed by atoms with van der Waals surface area (Å²) in [6.07, 6.45) is 5.64. The number of benzene rings is 1. The van der Waals surface area contributed by atoms with Crippen LogP contribution in [-0.4, -0.2) is 4.98 Å². The van der Waals surface area contributed by atoms with E-state index in [2.05, 4.69) is 4.98 Å². The lowest BCUT2D eigenvalue weighted by Gasteiger charge is -2.01. The topological polar surface area (TPSA) is 43.1 Å². The molecule has 0 spiro atoms. The summed E-state index contributed by atoms with van der Waals surface area (Å²) in [5.41, 5.74) is 2.95. The fraction of sp³-hybridized carbons (Fsp3) is 0.333. The van der Waals surface area contributed by atoms with Gasteiger partial charge in [-0.3, -0.25) is 0 Å². The number of nitrogens with zero attached hydrogens (tertiary/aromatic N) is 1. The van der Waals surface area contributed by atoms with Crippen LogP contribution in [0.15, 0.2) is 33.5 Å². The van der Waals surface area contributed by atoms with Crippen molar-refractivity contribution in [1.29, 1.82) is 0 Å². The van der Waals surface area contributed by atoms with Gasteiger partial charge in [0.05, 0.1) is 0 Å². The summed E-state index contributed by atoms with van der Waals surface area (Å²) in [4.78, 5) is 19.3. The molecule has 0 bridgehead atoms. The molecular formula is C18H17NO2S. The smallest absolute Gasteiger partial charge is 0.348 e. The van der Waals surface area contributed by atoms with Crippen LogP contribution in [-0.2, 0) is 12.8 Å². The average molecular weight is 311 g/mol. The van der Waals surface area contributed by atoms with Crippen molar-refractivity contribution in [3.05, 3.63) is 50.7 Å². The van der Waals surface area contributed by atoms with E-state index >= 15 is 0 Å². The highest BCUT2D eigenvalue weighted by atomic mass is 32.1. The summed E-state index contributed by atoms with van der Waals surface area (Å²) in [5.74, 6) is 0.428. The Bertz CT molecular complexity index is 907. The number of hydrogen-bond acceptors (Lipinski definition) is 4. The summed E-state index contributed by atoms with van der Waals surface area (Å²) >= 11 is 1.67. The molecule has 0 atom stereocenters. The molecular weight excluding hydrogens is 294 g/mol. The molecule has 3 aromatic rings. The van der Waals surface area contributed by atoms with Crippen LogP contribution >= 0.6 is 11.3 Å². The summed E-state index contributed by atoms with van der Waals surface area (Å²) in [6.45, 7) is 2.02. The molecule has 1 aromatic carbocycles. The highest BCUT2D eigenvalue weighted by molar-refractivity contribution is 7.18. The standard InChI is InChI=1S/C18H17NO2S/c1-11-6-5-7-12(10-11)16-19-17-15(18(20)21-16)13-8-3-2-4-9-14(13)22-17/h5-7,10H,2-4,8-9H2,1H3. The number of aromatic nitrogens is 1. The SMILES string of the molecule is Cc1cccc(-c2nc3sc4c(c3c(=O)o2)CCCCC4)c1. The zero-order valence-electron chi connectivity index (χ0n) is 12.5. The second-order valence-corrected chi connectivity index (χ2v) is 7.00. The zero-order valence-corrected chi connectivity index (χ0v) is 13.3. The van der Waals surface area contributed by atoms with E-state index < -0.39 is 0 Å². The van der Waals surface area contributed by atoms with Gasteiger partial charge in [0.15, 0.2) is 0 Å². The van der Waals surface area contributed by atoms with E-state index in [4.69, 9.17) is 4.42 Å². The van der Waals surface area contributed by atoms with Crippen molar-refractivity contribution in [1.82, 2.24) is 4.98 Å². The van der Waals surface area contributed by atoms with Crippen LogP contribution in [0.3, 0.4) is 0 Å². The largest absolute Gasteiger partial charge is 0.403 e. The van der Waals surface area contributed by atoms with Crippen LogP contribution in [0.5, 0.6) is 0 Å². The Kier molecular flexibility index (Phi) is 3.34. The van der Waals surface area contributed by atoms with Gasteiger partial charge < -0.3 is 4.42 Å². The summed E-state index contributed by atoms with van der Waals surface area (Å²) in [5, 5.41) is 0.721. The predicted molar refractivity (Wildman–Crippen MR) is 89.6 cm³/mol. The van der Waals surface area contributed by atoms with Gasteiger partial charge in [-0.05, 0) is 50.3 Å². The summed E-state index contributed by atoms with van der Waals surface area (Å²) < 4.78 is 5.54. The van der Waals surface area contributed by atoms with Gasteiger partial charge in [-0.25, -0.2) is 9.78 Å². The normalized spacial score (nSPS) is 14.8. The van der Waals surface area contributed by atoms with Gasteiger partial charge in [-0.1, -0.05) is 24.1 Å². The molecule has 2 heterocycles. The number of fused-ring (bicyclic) bond motifs is 3. The van der Waals surface area contributed by atoms with Crippen molar-refractivity contribution in [2.75, 3.05) is 0 Å². The Labute approximate surface area is 132 Å². The molecule has 1 aliphatic carbocycles. The molecule has 0 fully saturated rings. The van der Waals surface area contributed by atoms with Crippen molar-refractivity contribution >= 4 is 21.6 Å². The molecule has 3 nitrogen and oxygen atoms in total. The predicted octanol–water partition coefficient (Wildman–Crippen LogP) is 4.49.